The molecule has 0 bridgehead atoms. The molecule has 0 radical (unpaired) electrons. The summed E-state index contributed by atoms with van der Waals surface area (Å²) in [5.41, 5.74) is -2.46. The number of hydrogen-bond acceptors (Lipinski definition) is 7. The Hall–Kier alpha value is -0.280. The summed E-state index contributed by atoms with van der Waals surface area (Å²) in [5, 5.41) is 38.8. The SMILES string of the molecule is CCC(O)(CO)COCC(C)OCC(C)OCC(O)(CC)C(C)O. The van der Waals surface area contributed by atoms with Crippen LogP contribution in [0.1, 0.15) is 47.5 Å². The molecule has 0 aromatic heterocycles. The van der Waals surface area contributed by atoms with E-state index in [0.29, 0.717) is 26.1 Å². The lowest BCUT2D eigenvalue weighted by molar-refractivity contribution is -0.143. The van der Waals surface area contributed by atoms with Gasteiger partial charge in [0.2, 0.25) is 0 Å². The zero-order chi connectivity index (χ0) is 18.8. The van der Waals surface area contributed by atoms with Gasteiger partial charge in [-0.05, 0) is 33.6 Å². The molecule has 146 valence electrons. The zero-order valence-corrected chi connectivity index (χ0v) is 15.7. The van der Waals surface area contributed by atoms with E-state index in [0.717, 1.165) is 0 Å². The highest BCUT2D eigenvalue weighted by Gasteiger charge is 2.31. The summed E-state index contributed by atoms with van der Waals surface area (Å²) in [6, 6.07) is 0. The molecule has 0 aliphatic carbocycles. The van der Waals surface area contributed by atoms with Crippen molar-refractivity contribution in [3.05, 3.63) is 0 Å². The maximum Gasteiger partial charge on any atom is 0.113 e. The molecular weight excluding hydrogens is 316 g/mol. The fourth-order valence-electron chi connectivity index (χ4n) is 1.88. The Morgan fingerprint density at radius 3 is 1.92 bits per heavy atom. The molecule has 0 spiro atoms. The van der Waals surface area contributed by atoms with Crippen LogP contribution in [0.5, 0.6) is 0 Å². The number of hydrogen-bond donors (Lipinski definition) is 4. The third-order valence-corrected chi connectivity index (χ3v) is 4.30. The van der Waals surface area contributed by atoms with Crippen molar-refractivity contribution in [2.24, 2.45) is 0 Å². The van der Waals surface area contributed by atoms with Gasteiger partial charge in [-0.2, -0.15) is 0 Å². The first-order chi connectivity index (χ1) is 11.1. The van der Waals surface area contributed by atoms with Gasteiger partial charge in [0.1, 0.15) is 11.2 Å². The van der Waals surface area contributed by atoms with Crippen LogP contribution in [0, 0.1) is 0 Å². The second-order valence-corrected chi connectivity index (χ2v) is 6.65. The molecule has 0 aromatic rings. The van der Waals surface area contributed by atoms with E-state index in [4.69, 9.17) is 19.3 Å². The summed E-state index contributed by atoms with van der Waals surface area (Å²) >= 11 is 0. The van der Waals surface area contributed by atoms with E-state index in [1.54, 1.807) is 13.8 Å². The van der Waals surface area contributed by atoms with Crippen LogP contribution in [-0.2, 0) is 14.2 Å². The van der Waals surface area contributed by atoms with Gasteiger partial charge in [-0.15, -0.1) is 0 Å². The molecular formula is C17H36O7. The minimum Gasteiger partial charge on any atom is -0.393 e. The molecule has 24 heavy (non-hydrogen) atoms. The van der Waals surface area contributed by atoms with Crippen molar-refractivity contribution in [3.63, 3.8) is 0 Å². The van der Waals surface area contributed by atoms with Crippen molar-refractivity contribution in [2.45, 2.75) is 77.0 Å². The first-order valence-electron chi connectivity index (χ1n) is 8.67. The largest absolute Gasteiger partial charge is 0.393 e. The number of rotatable bonds is 14. The van der Waals surface area contributed by atoms with Gasteiger partial charge in [0.25, 0.3) is 0 Å². The fourth-order valence-corrected chi connectivity index (χ4v) is 1.88. The van der Waals surface area contributed by atoms with Crippen molar-refractivity contribution in [3.8, 4) is 0 Å². The molecule has 0 rings (SSSR count). The zero-order valence-electron chi connectivity index (χ0n) is 15.7. The molecule has 5 unspecified atom stereocenters. The van der Waals surface area contributed by atoms with E-state index < -0.39 is 17.3 Å². The summed E-state index contributed by atoms with van der Waals surface area (Å²) < 4.78 is 16.6. The fraction of sp³-hybridized carbons (Fsp3) is 1.00. The number of ether oxygens (including phenoxy) is 3. The molecule has 0 aromatic carbocycles. The lowest BCUT2D eigenvalue weighted by atomic mass is 9.96. The minimum atomic E-state index is -1.25. The van der Waals surface area contributed by atoms with Gasteiger partial charge in [0, 0.05) is 0 Å². The number of aliphatic hydroxyl groups is 4. The molecule has 0 saturated carbocycles. The Labute approximate surface area is 145 Å². The Bertz CT molecular complexity index is 320. The molecule has 0 fully saturated rings. The normalized spacial score (nSPS) is 20.9. The second-order valence-electron chi connectivity index (χ2n) is 6.65. The smallest absolute Gasteiger partial charge is 0.113 e. The van der Waals surface area contributed by atoms with E-state index in [2.05, 4.69) is 0 Å². The first-order valence-corrected chi connectivity index (χ1v) is 8.67. The van der Waals surface area contributed by atoms with Crippen LogP contribution in [0.25, 0.3) is 0 Å². The van der Waals surface area contributed by atoms with E-state index >= 15 is 0 Å². The lowest BCUT2D eigenvalue weighted by Crippen LogP contribution is -2.45. The van der Waals surface area contributed by atoms with Crippen LogP contribution < -0.4 is 0 Å². The van der Waals surface area contributed by atoms with E-state index in [1.807, 2.05) is 13.8 Å². The van der Waals surface area contributed by atoms with Crippen LogP contribution in [0.3, 0.4) is 0 Å². The van der Waals surface area contributed by atoms with Gasteiger partial charge in [-0.3, -0.25) is 0 Å². The van der Waals surface area contributed by atoms with Gasteiger partial charge in [0.15, 0.2) is 0 Å². The molecule has 5 atom stereocenters. The second kappa shape index (κ2) is 11.4. The Morgan fingerprint density at radius 2 is 1.46 bits per heavy atom. The van der Waals surface area contributed by atoms with Gasteiger partial charge >= 0.3 is 0 Å². The number of aliphatic hydroxyl groups excluding tert-OH is 2. The molecule has 7 heteroatoms. The quantitative estimate of drug-likeness (QED) is 0.360. The van der Waals surface area contributed by atoms with Crippen molar-refractivity contribution < 1.29 is 34.6 Å². The highest BCUT2D eigenvalue weighted by Crippen LogP contribution is 2.17. The van der Waals surface area contributed by atoms with Crippen LogP contribution in [0.15, 0.2) is 0 Å². The topological polar surface area (TPSA) is 109 Å². The Morgan fingerprint density at radius 1 is 0.875 bits per heavy atom. The van der Waals surface area contributed by atoms with Gasteiger partial charge in [0.05, 0.1) is 51.3 Å². The van der Waals surface area contributed by atoms with Crippen molar-refractivity contribution in [1.29, 1.82) is 0 Å². The van der Waals surface area contributed by atoms with E-state index in [-0.39, 0.29) is 32.0 Å². The summed E-state index contributed by atoms with van der Waals surface area (Å²) in [6.07, 6.45) is -0.500. The average Bonchev–Trinajstić information content (AvgIpc) is 2.57. The predicted octanol–water partition coefficient (Wildman–Crippen LogP) is 0.469. The summed E-state index contributed by atoms with van der Waals surface area (Å²) in [4.78, 5) is 0. The van der Waals surface area contributed by atoms with Gasteiger partial charge in [-0.1, -0.05) is 13.8 Å². The maximum absolute atomic E-state index is 10.2. The standard InChI is InChI=1S/C17H36O7/c1-6-16(20,10-18)11-22-8-13(3)23-9-14(4)24-12-17(21,7-2)15(5)19/h13-15,18-21H,6-12H2,1-5H3. The molecule has 4 N–H and O–H groups in total. The molecule has 0 heterocycles. The average molecular weight is 352 g/mol. The summed E-state index contributed by atoms with van der Waals surface area (Å²) in [5.74, 6) is 0. The molecule has 0 aliphatic rings. The van der Waals surface area contributed by atoms with Gasteiger partial charge < -0.3 is 34.6 Å². The minimum absolute atomic E-state index is 0.0383. The monoisotopic (exact) mass is 352 g/mol. The Balaban J connectivity index is 4.00. The Kier molecular flexibility index (Phi) is 11.2. The highest BCUT2D eigenvalue weighted by molar-refractivity contribution is 4.82. The van der Waals surface area contributed by atoms with Crippen molar-refractivity contribution in [1.82, 2.24) is 0 Å². The molecule has 7 nitrogen and oxygen atoms in total. The van der Waals surface area contributed by atoms with Crippen LogP contribution in [0.2, 0.25) is 0 Å². The molecule has 0 amide bonds. The van der Waals surface area contributed by atoms with Crippen LogP contribution >= 0.6 is 0 Å². The third kappa shape index (κ3) is 8.71. The summed E-state index contributed by atoms with van der Waals surface area (Å²) in [7, 11) is 0. The lowest BCUT2D eigenvalue weighted by Gasteiger charge is -2.31. The van der Waals surface area contributed by atoms with E-state index in [1.165, 1.54) is 6.92 Å². The van der Waals surface area contributed by atoms with Crippen molar-refractivity contribution in [2.75, 3.05) is 33.0 Å². The van der Waals surface area contributed by atoms with Gasteiger partial charge in [-0.25, -0.2) is 0 Å². The van der Waals surface area contributed by atoms with Crippen molar-refractivity contribution >= 4 is 0 Å². The van der Waals surface area contributed by atoms with Crippen LogP contribution in [-0.4, -0.2) is 83.0 Å². The van der Waals surface area contributed by atoms with E-state index in [9.17, 15) is 15.3 Å². The molecule has 0 saturated heterocycles. The first kappa shape index (κ1) is 23.7. The van der Waals surface area contributed by atoms with Crippen LogP contribution in [0.4, 0.5) is 0 Å². The third-order valence-electron chi connectivity index (χ3n) is 4.30. The maximum atomic E-state index is 10.2. The highest BCUT2D eigenvalue weighted by atomic mass is 16.6. The predicted molar refractivity (Wildman–Crippen MR) is 90.9 cm³/mol. The molecule has 0 aliphatic heterocycles. The summed E-state index contributed by atoms with van der Waals surface area (Å²) in [6.45, 7) is 9.15.